The van der Waals surface area contributed by atoms with Gasteiger partial charge in [-0.1, -0.05) is 15.9 Å². The van der Waals surface area contributed by atoms with Crippen molar-refractivity contribution in [1.82, 2.24) is 0 Å². The van der Waals surface area contributed by atoms with Crippen LogP contribution in [0.15, 0.2) is 16.6 Å². The first kappa shape index (κ1) is 14.5. The van der Waals surface area contributed by atoms with E-state index in [-0.39, 0.29) is 0 Å². The molecule has 0 aliphatic carbocycles. The summed E-state index contributed by atoms with van der Waals surface area (Å²) in [5.41, 5.74) is 3.69. The van der Waals surface area contributed by atoms with Crippen molar-refractivity contribution in [1.29, 1.82) is 0 Å². The third kappa shape index (κ3) is 5.06. The number of hydrogen-bond donors (Lipinski definition) is 1. The van der Waals surface area contributed by atoms with E-state index in [0.717, 1.165) is 11.0 Å². The van der Waals surface area contributed by atoms with Crippen LogP contribution in [0.25, 0.3) is 0 Å². The molecule has 0 unspecified atom stereocenters. The smallest absolute Gasteiger partial charge is 0.0701 e. The molecular formula is C13H20BrNO2. The highest BCUT2D eigenvalue weighted by Crippen LogP contribution is 2.24. The number of anilines is 1. The summed E-state index contributed by atoms with van der Waals surface area (Å²) in [5, 5.41) is 3.40. The van der Waals surface area contributed by atoms with Gasteiger partial charge >= 0.3 is 0 Å². The lowest BCUT2D eigenvalue weighted by molar-refractivity contribution is 0.0759. The van der Waals surface area contributed by atoms with E-state index in [1.54, 1.807) is 7.11 Å². The van der Waals surface area contributed by atoms with Crippen molar-refractivity contribution in [2.45, 2.75) is 13.8 Å². The van der Waals surface area contributed by atoms with Crippen molar-refractivity contribution in [3.05, 3.63) is 27.7 Å². The molecule has 96 valence electrons. The molecule has 17 heavy (non-hydrogen) atoms. The van der Waals surface area contributed by atoms with Gasteiger partial charge in [0.2, 0.25) is 0 Å². The van der Waals surface area contributed by atoms with Gasteiger partial charge in [0.15, 0.2) is 0 Å². The highest BCUT2D eigenvalue weighted by molar-refractivity contribution is 9.10. The van der Waals surface area contributed by atoms with Crippen LogP contribution in [0.5, 0.6) is 0 Å². The first-order chi connectivity index (χ1) is 8.15. The zero-order valence-corrected chi connectivity index (χ0v) is 12.3. The van der Waals surface area contributed by atoms with Crippen molar-refractivity contribution in [2.75, 3.05) is 38.8 Å². The van der Waals surface area contributed by atoms with E-state index in [4.69, 9.17) is 9.47 Å². The molecule has 0 heterocycles. The molecule has 0 atom stereocenters. The van der Waals surface area contributed by atoms with E-state index in [1.165, 1.54) is 16.8 Å². The Morgan fingerprint density at radius 3 is 2.35 bits per heavy atom. The average molecular weight is 302 g/mol. The topological polar surface area (TPSA) is 30.5 Å². The Kier molecular flexibility index (Phi) is 6.55. The van der Waals surface area contributed by atoms with Crippen molar-refractivity contribution >= 4 is 21.6 Å². The molecule has 0 radical (unpaired) electrons. The van der Waals surface area contributed by atoms with Gasteiger partial charge in [-0.25, -0.2) is 0 Å². The van der Waals surface area contributed by atoms with Gasteiger partial charge in [-0.05, 0) is 37.1 Å². The monoisotopic (exact) mass is 301 g/mol. The number of methoxy groups -OCH3 is 1. The van der Waals surface area contributed by atoms with E-state index >= 15 is 0 Å². The maximum Gasteiger partial charge on any atom is 0.0701 e. The number of hydrogen-bond acceptors (Lipinski definition) is 3. The number of aryl methyl sites for hydroxylation is 2. The fourth-order valence-corrected chi connectivity index (χ4v) is 2.37. The Hall–Kier alpha value is -0.580. The maximum atomic E-state index is 5.40. The van der Waals surface area contributed by atoms with Crippen LogP contribution < -0.4 is 5.32 Å². The number of halogens is 1. The Bertz CT molecular complexity index is 332. The average Bonchev–Trinajstić information content (AvgIpc) is 2.26. The number of nitrogens with one attached hydrogen (secondary N) is 1. The molecule has 0 saturated carbocycles. The summed E-state index contributed by atoms with van der Waals surface area (Å²) in [6, 6.07) is 4.22. The third-order valence-electron chi connectivity index (χ3n) is 2.48. The summed E-state index contributed by atoms with van der Waals surface area (Å²) >= 11 is 3.49. The van der Waals surface area contributed by atoms with Crippen LogP contribution in [-0.2, 0) is 9.47 Å². The summed E-state index contributed by atoms with van der Waals surface area (Å²) in [5.74, 6) is 0. The highest BCUT2D eigenvalue weighted by atomic mass is 79.9. The Balaban J connectivity index is 2.36. The van der Waals surface area contributed by atoms with E-state index < -0.39 is 0 Å². The second-order valence-corrected chi connectivity index (χ2v) is 4.86. The molecule has 0 bridgehead atoms. The molecule has 3 nitrogen and oxygen atoms in total. The van der Waals surface area contributed by atoms with Gasteiger partial charge in [-0.3, -0.25) is 0 Å². The molecule has 0 amide bonds. The molecule has 0 aliphatic rings. The quantitative estimate of drug-likeness (QED) is 0.785. The molecule has 0 aliphatic heterocycles. The van der Waals surface area contributed by atoms with Gasteiger partial charge in [0.05, 0.1) is 19.8 Å². The van der Waals surface area contributed by atoms with Crippen LogP contribution in [0.2, 0.25) is 0 Å². The summed E-state index contributed by atoms with van der Waals surface area (Å²) < 4.78 is 11.4. The van der Waals surface area contributed by atoms with Crippen LogP contribution in [0.3, 0.4) is 0 Å². The van der Waals surface area contributed by atoms with Gasteiger partial charge in [0.25, 0.3) is 0 Å². The Labute approximate surface area is 112 Å². The summed E-state index contributed by atoms with van der Waals surface area (Å²) in [4.78, 5) is 0. The molecule has 0 saturated heterocycles. The number of ether oxygens (including phenoxy) is 2. The fourth-order valence-electron chi connectivity index (χ4n) is 1.68. The molecule has 1 aromatic carbocycles. The molecule has 4 heteroatoms. The van der Waals surface area contributed by atoms with Crippen molar-refractivity contribution in [2.24, 2.45) is 0 Å². The number of rotatable bonds is 7. The third-order valence-corrected chi connectivity index (χ3v) is 2.94. The van der Waals surface area contributed by atoms with Crippen molar-refractivity contribution < 1.29 is 9.47 Å². The van der Waals surface area contributed by atoms with Crippen LogP contribution in [0.4, 0.5) is 5.69 Å². The minimum atomic E-state index is 0.649. The summed E-state index contributed by atoms with van der Waals surface area (Å²) in [7, 11) is 1.68. The summed E-state index contributed by atoms with van der Waals surface area (Å²) in [6.45, 7) is 7.01. The van der Waals surface area contributed by atoms with Gasteiger partial charge in [-0.2, -0.15) is 0 Å². The lowest BCUT2D eigenvalue weighted by Gasteiger charge is -2.13. The minimum Gasteiger partial charge on any atom is -0.382 e. The predicted octanol–water partition coefficient (Wildman–Crippen LogP) is 3.14. The Morgan fingerprint density at radius 1 is 1.12 bits per heavy atom. The van der Waals surface area contributed by atoms with Crippen LogP contribution in [0.1, 0.15) is 11.1 Å². The summed E-state index contributed by atoms with van der Waals surface area (Å²) in [6.07, 6.45) is 0. The lowest BCUT2D eigenvalue weighted by atomic mass is 10.1. The molecule has 1 aromatic rings. The van der Waals surface area contributed by atoms with Gasteiger partial charge in [0, 0.05) is 23.8 Å². The minimum absolute atomic E-state index is 0.649. The zero-order valence-electron chi connectivity index (χ0n) is 10.7. The van der Waals surface area contributed by atoms with Crippen molar-refractivity contribution in [3.8, 4) is 0 Å². The number of benzene rings is 1. The van der Waals surface area contributed by atoms with E-state index in [0.29, 0.717) is 19.8 Å². The molecule has 0 fully saturated rings. The van der Waals surface area contributed by atoms with E-state index in [2.05, 4.69) is 47.2 Å². The molecule has 0 spiro atoms. The van der Waals surface area contributed by atoms with Gasteiger partial charge in [0.1, 0.15) is 0 Å². The predicted molar refractivity (Wildman–Crippen MR) is 74.8 cm³/mol. The van der Waals surface area contributed by atoms with Gasteiger partial charge in [-0.15, -0.1) is 0 Å². The molecule has 0 aromatic heterocycles. The standard InChI is InChI=1S/C13H20BrNO2/c1-10-8-12(14)9-11(2)13(10)15-4-5-17-7-6-16-3/h8-9,15H,4-7H2,1-3H3. The van der Waals surface area contributed by atoms with Gasteiger partial charge < -0.3 is 14.8 Å². The normalized spacial score (nSPS) is 10.6. The maximum absolute atomic E-state index is 5.40. The SMILES string of the molecule is COCCOCCNc1c(C)cc(Br)cc1C. The first-order valence-electron chi connectivity index (χ1n) is 5.72. The van der Waals surface area contributed by atoms with E-state index in [9.17, 15) is 0 Å². The van der Waals surface area contributed by atoms with Crippen molar-refractivity contribution in [3.63, 3.8) is 0 Å². The molecule has 1 N–H and O–H groups in total. The second kappa shape index (κ2) is 7.69. The largest absolute Gasteiger partial charge is 0.382 e. The van der Waals surface area contributed by atoms with Crippen LogP contribution in [-0.4, -0.2) is 33.5 Å². The fraction of sp³-hybridized carbons (Fsp3) is 0.538. The van der Waals surface area contributed by atoms with Crippen LogP contribution >= 0.6 is 15.9 Å². The lowest BCUT2D eigenvalue weighted by Crippen LogP contribution is -2.13. The first-order valence-corrected chi connectivity index (χ1v) is 6.51. The Morgan fingerprint density at radius 2 is 1.76 bits per heavy atom. The molecule has 1 rings (SSSR count). The molecular weight excluding hydrogens is 282 g/mol. The van der Waals surface area contributed by atoms with E-state index in [1.807, 2.05) is 0 Å². The van der Waals surface area contributed by atoms with Crippen LogP contribution in [0, 0.1) is 13.8 Å². The second-order valence-electron chi connectivity index (χ2n) is 3.95. The highest BCUT2D eigenvalue weighted by Gasteiger charge is 2.03. The zero-order chi connectivity index (χ0) is 12.7.